The van der Waals surface area contributed by atoms with Crippen LogP contribution < -0.4 is 0 Å². The minimum atomic E-state index is -0.304. The number of rotatable bonds is 0. The third-order valence-electron chi connectivity index (χ3n) is 2.05. The number of hydrogen-bond acceptors (Lipinski definition) is 4. The van der Waals surface area contributed by atoms with E-state index in [2.05, 4.69) is 0 Å². The minimum absolute atomic E-state index is 0.0469. The standard InChI is InChI=1S/C9H8O4/c1-5-4-6(10)8-9(7(5)11)13-3-2-12-8/h2-3,5H,4H2,1H3. The van der Waals surface area contributed by atoms with E-state index in [1.54, 1.807) is 6.92 Å². The number of allylic oxidation sites excluding steroid dienone is 2. The third-order valence-corrected chi connectivity index (χ3v) is 2.05. The first-order valence-corrected chi connectivity index (χ1v) is 4.00. The fourth-order valence-electron chi connectivity index (χ4n) is 1.35. The number of ether oxygens (including phenoxy) is 2. The van der Waals surface area contributed by atoms with Crippen molar-refractivity contribution < 1.29 is 19.1 Å². The van der Waals surface area contributed by atoms with E-state index in [0.717, 1.165) is 0 Å². The highest BCUT2D eigenvalue weighted by Crippen LogP contribution is 2.27. The second kappa shape index (κ2) is 2.73. The topological polar surface area (TPSA) is 52.6 Å². The van der Waals surface area contributed by atoms with E-state index in [0.29, 0.717) is 0 Å². The van der Waals surface area contributed by atoms with Gasteiger partial charge < -0.3 is 9.47 Å². The lowest BCUT2D eigenvalue weighted by atomic mass is 9.91. The Morgan fingerprint density at radius 1 is 1.23 bits per heavy atom. The Morgan fingerprint density at radius 2 is 1.85 bits per heavy atom. The van der Waals surface area contributed by atoms with Gasteiger partial charge in [0.25, 0.3) is 0 Å². The van der Waals surface area contributed by atoms with Crippen molar-refractivity contribution in [3.63, 3.8) is 0 Å². The van der Waals surface area contributed by atoms with Crippen LogP contribution in [0.4, 0.5) is 0 Å². The molecule has 2 aliphatic rings. The Morgan fingerprint density at radius 3 is 2.54 bits per heavy atom. The Balaban J connectivity index is 2.42. The molecule has 1 atom stereocenters. The van der Waals surface area contributed by atoms with Gasteiger partial charge in [0, 0.05) is 12.3 Å². The van der Waals surface area contributed by atoms with E-state index in [1.807, 2.05) is 0 Å². The first-order chi connectivity index (χ1) is 6.20. The second-order valence-electron chi connectivity index (χ2n) is 3.06. The minimum Gasteiger partial charge on any atom is -0.454 e. The van der Waals surface area contributed by atoms with E-state index in [9.17, 15) is 9.59 Å². The molecule has 13 heavy (non-hydrogen) atoms. The van der Waals surface area contributed by atoms with Crippen LogP contribution in [-0.4, -0.2) is 11.6 Å². The smallest absolute Gasteiger partial charge is 0.215 e. The van der Waals surface area contributed by atoms with Gasteiger partial charge in [0.05, 0.1) is 0 Å². The van der Waals surface area contributed by atoms with Crippen molar-refractivity contribution in [1.82, 2.24) is 0 Å². The Kier molecular flexibility index (Phi) is 1.69. The summed E-state index contributed by atoms with van der Waals surface area (Å²) in [5, 5.41) is 0. The molecule has 0 bridgehead atoms. The van der Waals surface area contributed by atoms with Crippen molar-refractivity contribution in [3.8, 4) is 0 Å². The Labute approximate surface area is 74.8 Å². The summed E-state index contributed by atoms with van der Waals surface area (Å²) >= 11 is 0. The molecule has 0 N–H and O–H groups in total. The summed E-state index contributed by atoms with van der Waals surface area (Å²) in [5.74, 6) is -0.552. The van der Waals surface area contributed by atoms with Crippen LogP contribution in [0, 0.1) is 5.92 Å². The fraction of sp³-hybridized carbons (Fsp3) is 0.333. The zero-order valence-corrected chi connectivity index (χ0v) is 7.07. The van der Waals surface area contributed by atoms with Gasteiger partial charge in [-0.2, -0.15) is 0 Å². The molecule has 1 aliphatic carbocycles. The molecule has 68 valence electrons. The van der Waals surface area contributed by atoms with Gasteiger partial charge in [-0.25, -0.2) is 0 Å². The molecule has 0 aromatic heterocycles. The molecule has 2 rings (SSSR count). The van der Waals surface area contributed by atoms with Crippen molar-refractivity contribution in [3.05, 3.63) is 24.0 Å². The largest absolute Gasteiger partial charge is 0.454 e. The molecule has 0 saturated carbocycles. The normalized spacial score (nSPS) is 26.7. The monoisotopic (exact) mass is 180 g/mol. The van der Waals surface area contributed by atoms with Gasteiger partial charge in [-0.05, 0) is 0 Å². The van der Waals surface area contributed by atoms with Gasteiger partial charge in [-0.1, -0.05) is 6.92 Å². The molecule has 1 aliphatic heterocycles. The maximum atomic E-state index is 11.5. The zero-order chi connectivity index (χ0) is 9.42. The van der Waals surface area contributed by atoms with Crippen LogP contribution in [0.2, 0.25) is 0 Å². The number of carbonyl (C=O) groups is 2. The summed E-state index contributed by atoms with van der Waals surface area (Å²) in [4.78, 5) is 22.8. The van der Waals surface area contributed by atoms with Gasteiger partial charge in [-0.3, -0.25) is 9.59 Å². The number of hydrogen-bond donors (Lipinski definition) is 0. The van der Waals surface area contributed by atoms with Gasteiger partial charge in [0.2, 0.25) is 23.1 Å². The predicted molar refractivity (Wildman–Crippen MR) is 42.1 cm³/mol. The molecule has 0 radical (unpaired) electrons. The van der Waals surface area contributed by atoms with Crippen molar-refractivity contribution in [2.45, 2.75) is 13.3 Å². The molecule has 4 nitrogen and oxygen atoms in total. The average molecular weight is 180 g/mol. The molecule has 0 spiro atoms. The molecule has 0 aromatic rings. The summed E-state index contributed by atoms with van der Waals surface area (Å²) in [6.45, 7) is 1.70. The summed E-state index contributed by atoms with van der Waals surface area (Å²) in [7, 11) is 0. The average Bonchev–Trinajstić information content (AvgIpc) is 2.15. The molecule has 0 aromatic carbocycles. The highest BCUT2D eigenvalue weighted by Gasteiger charge is 2.36. The molecule has 1 unspecified atom stereocenters. The van der Waals surface area contributed by atoms with E-state index >= 15 is 0 Å². The van der Waals surface area contributed by atoms with Crippen molar-refractivity contribution in [1.29, 1.82) is 0 Å². The van der Waals surface area contributed by atoms with Gasteiger partial charge >= 0.3 is 0 Å². The van der Waals surface area contributed by atoms with Crippen LogP contribution in [0.15, 0.2) is 24.0 Å². The van der Waals surface area contributed by atoms with Crippen LogP contribution >= 0.6 is 0 Å². The van der Waals surface area contributed by atoms with Gasteiger partial charge in [0.15, 0.2) is 0 Å². The summed E-state index contributed by atoms with van der Waals surface area (Å²) in [5.41, 5.74) is 0. The summed E-state index contributed by atoms with van der Waals surface area (Å²) in [6.07, 6.45) is 2.71. The van der Waals surface area contributed by atoms with Gasteiger partial charge in [-0.15, -0.1) is 0 Å². The van der Waals surface area contributed by atoms with Crippen LogP contribution in [0.5, 0.6) is 0 Å². The molecule has 4 heteroatoms. The molecule has 0 fully saturated rings. The maximum absolute atomic E-state index is 11.5. The molecule has 0 saturated heterocycles. The van der Waals surface area contributed by atoms with Crippen molar-refractivity contribution in [2.75, 3.05) is 0 Å². The molecule has 0 amide bonds. The lowest BCUT2D eigenvalue weighted by Gasteiger charge is -2.22. The fourth-order valence-corrected chi connectivity index (χ4v) is 1.35. The van der Waals surface area contributed by atoms with Crippen LogP contribution in [0.3, 0.4) is 0 Å². The van der Waals surface area contributed by atoms with E-state index in [-0.39, 0.29) is 35.4 Å². The molecular formula is C9H8O4. The summed E-state index contributed by atoms with van der Waals surface area (Å²) in [6, 6.07) is 0. The number of ketones is 2. The lowest BCUT2D eigenvalue weighted by Crippen LogP contribution is -2.29. The van der Waals surface area contributed by atoms with Gasteiger partial charge in [0.1, 0.15) is 12.5 Å². The highest BCUT2D eigenvalue weighted by atomic mass is 16.5. The van der Waals surface area contributed by atoms with Crippen LogP contribution in [0.1, 0.15) is 13.3 Å². The quantitative estimate of drug-likeness (QED) is 0.555. The maximum Gasteiger partial charge on any atom is 0.215 e. The van der Waals surface area contributed by atoms with E-state index in [1.165, 1.54) is 12.5 Å². The first kappa shape index (κ1) is 8.04. The van der Waals surface area contributed by atoms with Crippen LogP contribution in [0.25, 0.3) is 0 Å². The second-order valence-corrected chi connectivity index (χ2v) is 3.06. The van der Waals surface area contributed by atoms with E-state index < -0.39 is 0 Å². The molecular weight excluding hydrogens is 172 g/mol. The number of carbonyl (C=O) groups excluding carboxylic acids is 2. The van der Waals surface area contributed by atoms with Crippen LogP contribution in [-0.2, 0) is 19.1 Å². The lowest BCUT2D eigenvalue weighted by molar-refractivity contribution is -0.130. The summed E-state index contributed by atoms with van der Waals surface area (Å²) < 4.78 is 9.86. The highest BCUT2D eigenvalue weighted by molar-refractivity contribution is 6.10. The number of Topliss-reactive ketones (excluding diaryl/α,β-unsaturated/α-hetero) is 2. The molecule has 1 heterocycles. The third kappa shape index (κ3) is 1.14. The Hall–Kier alpha value is -1.58. The Bertz CT molecular complexity index is 338. The van der Waals surface area contributed by atoms with E-state index in [4.69, 9.17) is 9.47 Å². The SMILES string of the molecule is CC1CC(=O)C2=C(OC=CO2)C1=O. The zero-order valence-electron chi connectivity index (χ0n) is 7.07. The van der Waals surface area contributed by atoms with Crippen molar-refractivity contribution in [2.24, 2.45) is 5.92 Å². The first-order valence-electron chi connectivity index (χ1n) is 4.00. The predicted octanol–water partition coefficient (Wildman–Crippen LogP) is 0.894. The van der Waals surface area contributed by atoms with Crippen molar-refractivity contribution >= 4 is 11.6 Å².